The Morgan fingerprint density at radius 3 is 2.36 bits per heavy atom. The lowest BCUT2D eigenvalue weighted by molar-refractivity contribution is -0.123. The maximum Gasteiger partial charge on any atom is 0.230 e. The first kappa shape index (κ1) is 21.7. The van der Waals surface area contributed by atoms with Crippen LogP contribution in [0.5, 0.6) is 11.5 Å². The van der Waals surface area contributed by atoms with Gasteiger partial charge in [0.05, 0.1) is 19.9 Å². The summed E-state index contributed by atoms with van der Waals surface area (Å²) < 4.78 is 11.2. The number of aromatic nitrogens is 1. The van der Waals surface area contributed by atoms with Crippen molar-refractivity contribution in [2.75, 3.05) is 40.2 Å². The Balaban J connectivity index is 2.41. The van der Waals surface area contributed by atoms with E-state index in [1.165, 1.54) is 0 Å². The highest BCUT2D eigenvalue weighted by atomic mass is 16.5. The van der Waals surface area contributed by atoms with Gasteiger partial charge in [0.2, 0.25) is 5.91 Å². The summed E-state index contributed by atoms with van der Waals surface area (Å²) in [5.74, 6) is 1.95. The molecular weight excluding hydrogens is 354 g/mol. The van der Waals surface area contributed by atoms with Crippen LogP contribution in [0.1, 0.15) is 26.3 Å². The molecule has 6 heteroatoms. The van der Waals surface area contributed by atoms with Crippen molar-refractivity contribution in [2.24, 2.45) is 5.41 Å². The van der Waals surface area contributed by atoms with Crippen LogP contribution in [-0.2, 0) is 11.2 Å². The first-order valence-corrected chi connectivity index (χ1v) is 9.34. The number of ether oxygens (including phenoxy) is 2. The van der Waals surface area contributed by atoms with Gasteiger partial charge in [-0.2, -0.15) is 0 Å². The van der Waals surface area contributed by atoms with Gasteiger partial charge in [-0.25, -0.2) is 4.98 Å². The van der Waals surface area contributed by atoms with Gasteiger partial charge in [0, 0.05) is 17.5 Å². The van der Waals surface area contributed by atoms with Gasteiger partial charge in [0.15, 0.2) is 0 Å². The lowest BCUT2D eigenvalue weighted by Gasteiger charge is -2.18. The van der Waals surface area contributed by atoms with Gasteiger partial charge in [-0.15, -0.1) is 0 Å². The number of carbonyl (C=O) groups excluding carboxylic acids is 1. The minimum absolute atomic E-state index is 0.0827. The maximum atomic E-state index is 12.3. The minimum Gasteiger partial charge on any atom is -0.496 e. The molecule has 0 unspecified atom stereocenters. The molecule has 0 aliphatic carbocycles. The van der Waals surface area contributed by atoms with Gasteiger partial charge >= 0.3 is 0 Å². The zero-order valence-electron chi connectivity index (χ0n) is 17.9. The molecule has 28 heavy (non-hydrogen) atoms. The number of nitrogens with zero attached hydrogens (tertiary/aromatic N) is 2. The molecule has 1 aromatic heterocycles. The fourth-order valence-electron chi connectivity index (χ4n) is 2.66. The van der Waals surface area contributed by atoms with Crippen LogP contribution in [0.25, 0.3) is 11.3 Å². The van der Waals surface area contributed by atoms with E-state index in [9.17, 15) is 4.79 Å². The van der Waals surface area contributed by atoms with E-state index in [2.05, 4.69) is 15.2 Å². The number of hydrogen-bond donors (Lipinski definition) is 1. The van der Waals surface area contributed by atoms with Crippen molar-refractivity contribution in [1.82, 2.24) is 9.88 Å². The molecule has 0 radical (unpaired) electrons. The van der Waals surface area contributed by atoms with Crippen molar-refractivity contribution in [3.63, 3.8) is 0 Å². The average Bonchev–Trinajstić information content (AvgIpc) is 2.65. The zero-order chi connectivity index (χ0) is 20.9. The van der Waals surface area contributed by atoms with Crippen LogP contribution in [0, 0.1) is 5.41 Å². The van der Waals surface area contributed by atoms with E-state index in [4.69, 9.17) is 9.47 Å². The first-order chi connectivity index (χ1) is 13.2. The third kappa shape index (κ3) is 5.45. The van der Waals surface area contributed by atoms with Crippen LogP contribution in [0.4, 0.5) is 5.82 Å². The number of hydrogen-bond acceptors (Lipinski definition) is 5. The number of nitrogens with one attached hydrogen (secondary N) is 1. The third-order valence-corrected chi connectivity index (χ3v) is 4.38. The standard InChI is InChI=1S/C22H31N3O3/c1-22(2,3)21(26)24-20-10-8-9-17(23-20)16-14-18(27-6)15(11-12-25(4)5)13-19(16)28-7/h8-10,13-14H,11-12H2,1-7H3,(H,23,24,26). The Kier molecular flexibility index (Phi) is 7.02. The van der Waals surface area contributed by atoms with Crippen LogP contribution in [-0.4, -0.2) is 50.7 Å². The molecule has 6 nitrogen and oxygen atoms in total. The molecule has 0 bridgehead atoms. The van der Waals surface area contributed by atoms with Gasteiger partial charge < -0.3 is 19.7 Å². The van der Waals surface area contributed by atoms with Gasteiger partial charge in [-0.1, -0.05) is 26.8 Å². The van der Waals surface area contributed by atoms with E-state index in [0.717, 1.165) is 35.6 Å². The molecule has 1 aromatic carbocycles. The summed E-state index contributed by atoms with van der Waals surface area (Å²) in [6.07, 6.45) is 0.849. The second-order valence-electron chi connectivity index (χ2n) is 8.03. The number of benzene rings is 1. The van der Waals surface area contributed by atoms with Crippen molar-refractivity contribution < 1.29 is 14.3 Å². The van der Waals surface area contributed by atoms with Crippen molar-refractivity contribution >= 4 is 11.7 Å². The summed E-state index contributed by atoms with van der Waals surface area (Å²) in [7, 11) is 7.39. The van der Waals surface area contributed by atoms with E-state index in [1.807, 2.05) is 59.1 Å². The van der Waals surface area contributed by atoms with Crippen LogP contribution >= 0.6 is 0 Å². The molecule has 0 saturated carbocycles. The summed E-state index contributed by atoms with van der Waals surface area (Å²) >= 11 is 0. The number of likely N-dealkylation sites (N-methyl/N-ethyl adjacent to an activating group) is 1. The summed E-state index contributed by atoms with van der Waals surface area (Å²) in [5.41, 5.74) is 2.11. The normalized spacial score (nSPS) is 11.4. The smallest absolute Gasteiger partial charge is 0.230 e. The predicted octanol–water partition coefficient (Wildman–Crippen LogP) is 3.85. The monoisotopic (exact) mass is 385 g/mol. The number of carbonyl (C=O) groups is 1. The lowest BCUT2D eigenvalue weighted by Crippen LogP contribution is -2.28. The van der Waals surface area contributed by atoms with Gasteiger partial charge in [-0.3, -0.25) is 4.79 Å². The Morgan fingerprint density at radius 2 is 1.79 bits per heavy atom. The molecule has 0 spiro atoms. The Bertz CT molecular complexity index is 826. The first-order valence-electron chi connectivity index (χ1n) is 9.34. The summed E-state index contributed by atoms with van der Waals surface area (Å²) in [6, 6.07) is 9.49. The van der Waals surface area contributed by atoms with Crippen LogP contribution in [0.3, 0.4) is 0 Å². The highest BCUT2D eigenvalue weighted by Crippen LogP contribution is 2.36. The third-order valence-electron chi connectivity index (χ3n) is 4.38. The van der Waals surface area contributed by atoms with E-state index < -0.39 is 5.41 Å². The number of amides is 1. The predicted molar refractivity (Wildman–Crippen MR) is 113 cm³/mol. The molecule has 1 N–H and O–H groups in total. The fourth-order valence-corrected chi connectivity index (χ4v) is 2.66. The summed E-state index contributed by atoms with van der Waals surface area (Å²) in [5, 5.41) is 2.87. The van der Waals surface area contributed by atoms with Gasteiger partial charge in [-0.05, 0) is 50.3 Å². The molecule has 0 fully saturated rings. The van der Waals surface area contributed by atoms with Gasteiger partial charge in [0.25, 0.3) is 0 Å². The lowest BCUT2D eigenvalue weighted by atomic mass is 9.96. The van der Waals surface area contributed by atoms with E-state index >= 15 is 0 Å². The van der Waals surface area contributed by atoms with Crippen molar-refractivity contribution in [1.29, 1.82) is 0 Å². The molecule has 152 valence electrons. The molecule has 2 aromatic rings. The number of pyridine rings is 1. The minimum atomic E-state index is -0.493. The molecule has 2 rings (SSSR count). The molecule has 0 aliphatic heterocycles. The van der Waals surface area contributed by atoms with Crippen LogP contribution < -0.4 is 14.8 Å². The Hall–Kier alpha value is -2.60. The molecule has 0 atom stereocenters. The van der Waals surface area contributed by atoms with Crippen molar-refractivity contribution in [2.45, 2.75) is 27.2 Å². The number of methoxy groups -OCH3 is 2. The maximum absolute atomic E-state index is 12.3. The fraction of sp³-hybridized carbons (Fsp3) is 0.455. The van der Waals surface area contributed by atoms with Crippen LogP contribution in [0.15, 0.2) is 30.3 Å². The van der Waals surface area contributed by atoms with Gasteiger partial charge in [0.1, 0.15) is 17.3 Å². The molecule has 1 amide bonds. The largest absolute Gasteiger partial charge is 0.496 e. The van der Waals surface area contributed by atoms with Crippen molar-refractivity contribution in [3.8, 4) is 22.8 Å². The number of anilines is 1. The molecule has 1 heterocycles. The SMILES string of the molecule is COc1cc(-c2cccc(NC(=O)C(C)(C)C)n2)c(OC)cc1CCN(C)C. The topological polar surface area (TPSA) is 63.7 Å². The van der Waals surface area contributed by atoms with Crippen molar-refractivity contribution in [3.05, 3.63) is 35.9 Å². The number of rotatable bonds is 7. The molecule has 0 aliphatic rings. The average molecular weight is 386 g/mol. The van der Waals surface area contributed by atoms with Crippen LogP contribution in [0.2, 0.25) is 0 Å². The quantitative estimate of drug-likeness (QED) is 0.784. The van der Waals surface area contributed by atoms with E-state index in [-0.39, 0.29) is 5.91 Å². The Labute approximate surface area is 167 Å². The second kappa shape index (κ2) is 9.06. The summed E-state index contributed by atoms with van der Waals surface area (Å²) in [6.45, 7) is 6.51. The highest BCUT2D eigenvalue weighted by Gasteiger charge is 2.22. The highest BCUT2D eigenvalue weighted by molar-refractivity contribution is 5.94. The molecular formula is C22H31N3O3. The molecule has 0 saturated heterocycles. The van der Waals surface area contributed by atoms with E-state index in [0.29, 0.717) is 11.5 Å². The van der Waals surface area contributed by atoms with E-state index in [1.54, 1.807) is 20.3 Å². The summed E-state index contributed by atoms with van der Waals surface area (Å²) in [4.78, 5) is 19.0. The second-order valence-corrected chi connectivity index (χ2v) is 8.03. The Morgan fingerprint density at radius 1 is 1.11 bits per heavy atom. The zero-order valence-corrected chi connectivity index (χ0v) is 17.9.